The third-order valence-electron chi connectivity index (χ3n) is 5.34. The van der Waals surface area contributed by atoms with Gasteiger partial charge in [0.1, 0.15) is 0 Å². The maximum atomic E-state index is 11.3. The largest absolute Gasteiger partial charge is 0.466 e. The third-order valence-corrected chi connectivity index (χ3v) is 5.34. The molecule has 0 unspecified atom stereocenters. The van der Waals surface area contributed by atoms with Crippen molar-refractivity contribution >= 4 is 11.9 Å². The molecule has 0 amide bonds. The number of guanidine groups is 1. The maximum absolute atomic E-state index is 11.3. The fourth-order valence-electron chi connectivity index (χ4n) is 3.78. The summed E-state index contributed by atoms with van der Waals surface area (Å²) in [6.45, 7) is 8.64. The van der Waals surface area contributed by atoms with Gasteiger partial charge in [0.2, 0.25) is 0 Å². The number of nitrogens with one attached hydrogen (secondary N) is 1. The van der Waals surface area contributed by atoms with E-state index in [1.807, 2.05) is 6.92 Å². The number of carbonyl (C=O) groups is 1. The van der Waals surface area contributed by atoms with Gasteiger partial charge in [-0.2, -0.15) is 0 Å². The minimum Gasteiger partial charge on any atom is -0.466 e. The number of carbonyl (C=O) groups excluding carboxylic acids is 1. The van der Waals surface area contributed by atoms with Crippen LogP contribution in [-0.2, 0) is 9.53 Å². The molecule has 0 aromatic carbocycles. The summed E-state index contributed by atoms with van der Waals surface area (Å²) in [5, 5.41) is 3.46. The summed E-state index contributed by atoms with van der Waals surface area (Å²) in [7, 11) is 0. The van der Waals surface area contributed by atoms with Gasteiger partial charge in [-0.05, 0) is 51.4 Å². The predicted molar refractivity (Wildman–Crippen MR) is 98.2 cm³/mol. The van der Waals surface area contributed by atoms with Gasteiger partial charge in [0, 0.05) is 32.6 Å². The van der Waals surface area contributed by atoms with Crippen LogP contribution in [0.1, 0.15) is 71.6 Å². The smallest absolute Gasteiger partial charge is 0.305 e. The van der Waals surface area contributed by atoms with Crippen LogP contribution in [0.4, 0.5) is 0 Å². The topological polar surface area (TPSA) is 53.9 Å². The van der Waals surface area contributed by atoms with Gasteiger partial charge in [-0.25, -0.2) is 0 Å². The van der Waals surface area contributed by atoms with Gasteiger partial charge in [-0.1, -0.05) is 19.3 Å². The lowest BCUT2D eigenvalue weighted by atomic mass is 9.68. The number of rotatable bonds is 9. The molecule has 0 aromatic heterocycles. The first-order valence-electron chi connectivity index (χ1n) is 9.88. The van der Waals surface area contributed by atoms with Gasteiger partial charge in [-0.15, -0.1) is 0 Å². The molecule has 1 saturated carbocycles. The van der Waals surface area contributed by atoms with Crippen molar-refractivity contribution in [3.8, 4) is 0 Å². The molecule has 5 heteroatoms. The average molecular weight is 338 g/mol. The Labute approximate surface area is 147 Å². The summed E-state index contributed by atoms with van der Waals surface area (Å²) >= 11 is 0. The molecule has 0 atom stereocenters. The Morgan fingerprint density at radius 1 is 1.17 bits per heavy atom. The second-order valence-corrected chi connectivity index (χ2v) is 7.23. The SMILES string of the molecule is CCNC(=NCCCCCCC(=O)OCC)N1CCC2(CCC2)C1. The third kappa shape index (κ3) is 5.67. The summed E-state index contributed by atoms with van der Waals surface area (Å²) < 4.78 is 4.94. The normalized spacial score (nSPS) is 19.4. The Morgan fingerprint density at radius 2 is 1.96 bits per heavy atom. The van der Waals surface area contributed by atoms with Crippen LogP contribution in [0.25, 0.3) is 0 Å². The van der Waals surface area contributed by atoms with Crippen LogP contribution in [0.3, 0.4) is 0 Å². The second kappa shape index (κ2) is 9.90. The molecule has 2 rings (SSSR count). The molecule has 1 spiro atoms. The lowest BCUT2D eigenvalue weighted by Gasteiger charge is -2.38. The molecule has 138 valence electrons. The van der Waals surface area contributed by atoms with Crippen molar-refractivity contribution in [1.82, 2.24) is 10.2 Å². The summed E-state index contributed by atoms with van der Waals surface area (Å²) in [6.07, 6.45) is 10.3. The second-order valence-electron chi connectivity index (χ2n) is 7.23. The van der Waals surface area contributed by atoms with Crippen LogP contribution in [-0.4, -0.2) is 49.6 Å². The number of nitrogens with zero attached hydrogens (tertiary/aromatic N) is 2. The molecule has 0 radical (unpaired) electrons. The van der Waals surface area contributed by atoms with E-state index in [2.05, 4.69) is 17.1 Å². The standard InChI is InChI=1S/C19H35N3O2/c1-3-20-18(22-15-13-19(16-22)11-9-12-19)21-14-8-6-5-7-10-17(23)24-4-2/h3-16H2,1-2H3,(H,20,21). The van der Waals surface area contributed by atoms with E-state index in [9.17, 15) is 4.79 Å². The fourth-order valence-corrected chi connectivity index (χ4v) is 3.78. The molecule has 24 heavy (non-hydrogen) atoms. The molecule has 1 N–H and O–H groups in total. The van der Waals surface area contributed by atoms with Crippen molar-refractivity contribution in [3.05, 3.63) is 0 Å². The van der Waals surface area contributed by atoms with E-state index in [1.165, 1.54) is 32.2 Å². The Morgan fingerprint density at radius 3 is 2.58 bits per heavy atom. The fraction of sp³-hybridized carbons (Fsp3) is 0.895. The van der Waals surface area contributed by atoms with E-state index in [0.29, 0.717) is 18.4 Å². The Hall–Kier alpha value is -1.26. The van der Waals surface area contributed by atoms with Crippen molar-refractivity contribution in [2.75, 3.05) is 32.8 Å². The van der Waals surface area contributed by atoms with Crippen molar-refractivity contribution in [1.29, 1.82) is 0 Å². The van der Waals surface area contributed by atoms with Crippen molar-refractivity contribution in [3.63, 3.8) is 0 Å². The number of unbranched alkanes of at least 4 members (excludes halogenated alkanes) is 3. The molecule has 0 bridgehead atoms. The van der Waals surface area contributed by atoms with Crippen molar-refractivity contribution in [2.45, 2.75) is 71.6 Å². The van der Waals surface area contributed by atoms with Gasteiger partial charge in [0.25, 0.3) is 0 Å². The van der Waals surface area contributed by atoms with Crippen molar-refractivity contribution in [2.24, 2.45) is 10.4 Å². The van der Waals surface area contributed by atoms with Crippen LogP contribution in [0.5, 0.6) is 0 Å². The van der Waals surface area contributed by atoms with Crippen LogP contribution >= 0.6 is 0 Å². The van der Waals surface area contributed by atoms with Crippen LogP contribution in [0.2, 0.25) is 0 Å². The Bertz CT molecular complexity index is 419. The quantitative estimate of drug-likeness (QED) is 0.303. The van der Waals surface area contributed by atoms with Gasteiger partial charge in [0.15, 0.2) is 5.96 Å². The number of likely N-dealkylation sites (tertiary alicyclic amines) is 1. The van der Waals surface area contributed by atoms with Crippen molar-refractivity contribution < 1.29 is 9.53 Å². The molecule has 2 fully saturated rings. The zero-order valence-electron chi connectivity index (χ0n) is 15.6. The minimum absolute atomic E-state index is 0.0658. The van der Waals surface area contributed by atoms with Crippen LogP contribution < -0.4 is 5.32 Å². The van der Waals surface area contributed by atoms with Gasteiger partial charge in [0.05, 0.1) is 6.61 Å². The van der Waals surface area contributed by atoms with Crippen LogP contribution in [0, 0.1) is 5.41 Å². The van der Waals surface area contributed by atoms with E-state index in [-0.39, 0.29) is 5.97 Å². The number of hydrogen-bond donors (Lipinski definition) is 1. The highest BCUT2D eigenvalue weighted by molar-refractivity contribution is 5.80. The molecule has 1 saturated heterocycles. The highest BCUT2D eigenvalue weighted by Crippen LogP contribution is 2.47. The number of hydrogen-bond acceptors (Lipinski definition) is 3. The highest BCUT2D eigenvalue weighted by Gasteiger charge is 2.43. The molecular formula is C19H35N3O2. The number of ether oxygens (including phenoxy) is 1. The van der Waals surface area contributed by atoms with E-state index in [4.69, 9.17) is 9.73 Å². The first kappa shape index (κ1) is 19.1. The lowest BCUT2D eigenvalue weighted by Crippen LogP contribution is -2.42. The average Bonchev–Trinajstić information content (AvgIpc) is 2.99. The van der Waals surface area contributed by atoms with Gasteiger partial charge in [-0.3, -0.25) is 9.79 Å². The monoisotopic (exact) mass is 337 g/mol. The first-order chi connectivity index (χ1) is 11.7. The summed E-state index contributed by atoms with van der Waals surface area (Å²) in [6, 6.07) is 0. The van der Waals surface area contributed by atoms with Gasteiger partial charge < -0.3 is 15.0 Å². The predicted octanol–water partition coefficient (Wildman–Crippen LogP) is 3.34. The molecule has 1 heterocycles. The van der Waals surface area contributed by atoms with E-state index < -0.39 is 0 Å². The number of esters is 1. The van der Waals surface area contributed by atoms with E-state index in [0.717, 1.165) is 51.3 Å². The van der Waals surface area contributed by atoms with E-state index in [1.54, 1.807) is 0 Å². The maximum Gasteiger partial charge on any atom is 0.305 e. The molecule has 0 aromatic rings. The zero-order valence-corrected chi connectivity index (χ0v) is 15.6. The summed E-state index contributed by atoms with van der Waals surface area (Å²) in [4.78, 5) is 18.5. The van der Waals surface area contributed by atoms with E-state index >= 15 is 0 Å². The summed E-state index contributed by atoms with van der Waals surface area (Å²) in [5.41, 5.74) is 0.614. The first-order valence-corrected chi connectivity index (χ1v) is 9.88. The zero-order chi connectivity index (χ0) is 17.3. The van der Waals surface area contributed by atoms with Gasteiger partial charge >= 0.3 is 5.97 Å². The Balaban J connectivity index is 1.62. The molecular weight excluding hydrogens is 302 g/mol. The molecule has 1 aliphatic carbocycles. The number of aliphatic imine (C=N–C) groups is 1. The Kier molecular flexibility index (Phi) is 7.86. The lowest BCUT2D eigenvalue weighted by molar-refractivity contribution is -0.143. The molecule has 1 aliphatic heterocycles. The minimum atomic E-state index is -0.0658. The molecule has 5 nitrogen and oxygen atoms in total. The van der Waals surface area contributed by atoms with Crippen LogP contribution in [0.15, 0.2) is 4.99 Å². The summed E-state index contributed by atoms with van der Waals surface area (Å²) in [5.74, 6) is 1.04. The highest BCUT2D eigenvalue weighted by atomic mass is 16.5. The molecule has 2 aliphatic rings.